The summed E-state index contributed by atoms with van der Waals surface area (Å²) in [6.45, 7) is 2.25. The number of nitrogens with one attached hydrogen (secondary N) is 1. The van der Waals surface area contributed by atoms with Crippen molar-refractivity contribution >= 4 is 56.3 Å². The van der Waals surface area contributed by atoms with E-state index in [4.69, 9.17) is 10.7 Å². The average molecular weight is 491 g/mol. The second-order valence-corrected chi connectivity index (χ2v) is 10.6. The maximum absolute atomic E-state index is 13.0. The van der Waals surface area contributed by atoms with E-state index < -0.39 is 4.92 Å². The van der Waals surface area contributed by atoms with Crippen molar-refractivity contribution in [3.63, 3.8) is 0 Å². The van der Waals surface area contributed by atoms with Gasteiger partial charge in [0.25, 0.3) is 11.6 Å². The lowest BCUT2D eigenvalue weighted by Crippen LogP contribution is -2.12. The highest BCUT2D eigenvalue weighted by atomic mass is 32.2. The molecular weight excluding hydrogens is 468 g/mol. The number of nitro groups is 1. The Morgan fingerprint density at radius 2 is 1.85 bits per heavy atom. The summed E-state index contributed by atoms with van der Waals surface area (Å²) >= 11 is 2.82. The summed E-state index contributed by atoms with van der Waals surface area (Å²) in [5.41, 5.74) is 9.94. The van der Waals surface area contributed by atoms with Gasteiger partial charge in [0.1, 0.15) is 9.71 Å². The highest BCUT2D eigenvalue weighted by molar-refractivity contribution is 7.99. The minimum atomic E-state index is -0.417. The van der Waals surface area contributed by atoms with E-state index in [1.807, 2.05) is 24.3 Å². The zero-order chi connectivity index (χ0) is 23.8. The fraction of sp³-hybridized carbons (Fsp3) is 0.200. The molecule has 9 heteroatoms. The fourth-order valence-electron chi connectivity index (χ4n) is 4.11. The van der Waals surface area contributed by atoms with E-state index in [1.54, 1.807) is 12.1 Å². The van der Waals surface area contributed by atoms with Gasteiger partial charge in [-0.3, -0.25) is 14.9 Å². The molecule has 2 heterocycles. The van der Waals surface area contributed by atoms with Crippen molar-refractivity contribution in [1.82, 2.24) is 4.98 Å². The number of non-ortho nitro benzene ring substituents is 1. The Morgan fingerprint density at radius 3 is 2.53 bits per heavy atom. The Morgan fingerprint density at radius 1 is 1.18 bits per heavy atom. The molecule has 1 aliphatic carbocycles. The molecule has 0 spiro atoms. The van der Waals surface area contributed by atoms with Crippen molar-refractivity contribution in [3.8, 4) is 0 Å². The molecule has 1 atom stereocenters. The lowest BCUT2D eigenvalue weighted by atomic mass is 9.87. The number of benzene rings is 2. The number of nitro benzene ring substituents is 1. The van der Waals surface area contributed by atoms with Crippen molar-refractivity contribution in [3.05, 3.63) is 80.8 Å². The van der Waals surface area contributed by atoms with E-state index in [0.717, 1.165) is 45.0 Å². The van der Waals surface area contributed by atoms with Crippen LogP contribution in [0.1, 0.15) is 34.3 Å². The van der Waals surface area contributed by atoms with Crippen LogP contribution in [0.25, 0.3) is 10.2 Å². The number of thiophene rings is 1. The van der Waals surface area contributed by atoms with E-state index in [0.29, 0.717) is 22.2 Å². The van der Waals surface area contributed by atoms with Crippen LogP contribution in [0.5, 0.6) is 0 Å². The van der Waals surface area contributed by atoms with Crippen molar-refractivity contribution in [1.29, 1.82) is 0 Å². The van der Waals surface area contributed by atoms with Gasteiger partial charge < -0.3 is 11.1 Å². The van der Waals surface area contributed by atoms with Gasteiger partial charge in [0.2, 0.25) is 0 Å². The fourth-order valence-corrected chi connectivity index (χ4v) is 5.92. The van der Waals surface area contributed by atoms with Gasteiger partial charge in [-0.15, -0.1) is 11.3 Å². The first-order valence-corrected chi connectivity index (χ1v) is 12.5. The molecule has 5 rings (SSSR count). The number of hydrogen-bond donors (Lipinski definition) is 2. The number of carbonyl (C=O) groups is 1. The predicted molar refractivity (Wildman–Crippen MR) is 137 cm³/mol. The molecule has 1 aliphatic rings. The maximum atomic E-state index is 13.0. The third kappa shape index (κ3) is 4.49. The normalized spacial score (nSPS) is 15.1. The number of nitrogens with zero attached hydrogens (tertiary/aromatic N) is 2. The van der Waals surface area contributed by atoms with Crippen LogP contribution >= 0.6 is 23.1 Å². The topological polar surface area (TPSA) is 111 Å². The third-order valence-electron chi connectivity index (χ3n) is 5.93. The second kappa shape index (κ2) is 9.08. The molecule has 2 aromatic heterocycles. The van der Waals surface area contributed by atoms with Crippen LogP contribution in [0.2, 0.25) is 0 Å². The molecule has 0 saturated carbocycles. The summed E-state index contributed by atoms with van der Waals surface area (Å²) in [5.74, 6) is 0.388. The van der Waals surface area contributed by atoms with Gasteiger partial charge in [-0.25, -0.2) is 4.98 Å². The smallest absolute Gasteiger partial charge is 0.269 e. The Hall–Kier alpha value is -3.43. The molecule has 0 bridgehead atoms. The molecule has 1 unspecified atom stereocenters. The number of carbonyl (C=O) groups excluding carboxylic acids is 1. The van der Waals surface area contributed by atoms with E-state index in [9.17, 15) is 14.9 Å². The van der Waals surface area contributed by atoms with Gasteiger partial charge in [0.15, 0.2) is 0 Å². The molecular formula is C25H22N4O3S2. The number of nitrogen functional groups attached to an aromatic ring is 1. The summed E-state index contributed by atoms with van der Waals surface area (Å²) in [5, 5.41) is 14.6. The van der Waals surface area contributed by atoms with Gasteiger partial charge in [0, 0.05) is 38.7 Å². The number of amides is 1. The first-order valence-electron chi connectivity index (χ1n) is 10.9. The molecule has 4 aromatic rings. The lowest BCUT2D eigenvalue weighted by molar-refractivity contribution is -0.384. The molecule has 2 aromatic carbocycles. The van der Waals surface area contributed by atoms with Crippen LogP contribution in [0, 0.1) is 16.0 Å². The molecule has 172 valence electrons. The largest absolute Gasteiger partial charge is 0.397 e. The number of fused-ring (bicyclic) bond motifs is 2. The van der Waals surface area contributed by atoms with Crippen LogP contribution < -0.4 is 11.1 Å². The highest BCUT2D eigenvalue weighted by Crippen LogP contribution is 2.37. The summed E-state index contributed by atoms with van der Waals surface area (Å²) in [7, 11) is 0. The van der Waals surface area contributed by atoms with Crippen molar-refractivity contribution in [2.45, 2.75) is 36.0 Å². The first kappa shape index (κ1) is 22.4. The average Bonchev–Trinajstić information content (AvgIpc) is 3.15. The summed E-state index contributed by atoms with van der Waals surface area (Å²) in [6.07, 6.45) is 3.10. The molecule has 0 aliphatic heterocycles. The molecule has 7 nitrogen and oxygen atoms in total. The minimum absolute atomic E-state index is 0.0628. The van der Waals surface area contributed by atoms with Crippen molar-refractivity contribution in [2.75, 3.05) is 11.1 Å². The SMILES string of the molecule is CC1CCc2nc3sc(C(=O)Nc4ccc(Sc5ccc([N+](=O)[O-])cc5)cc4)c(N)c3cc2C1. The molecule has 34 heavy (non-hydrogen) atoms. The van der Waals surface area contributed by atoms with Gasteiger partial charge in [-0.2, -0.15) is 0 Å². The van der Waals surface area contributed by atoms with Gasteiger partial charge >= 0.3 is 0 Å². The van der Waals surface area contributed by atoms with Gasteiger partial charge in [-0.1, -0.05) is 18.7 Å². The van der Waals surface area contributed by atoms with E-state index in [1.165, 1.54) is 40.8 Å². The third-order valence-corrected chi connectivity index (χ3v) is 8.06. The van der Waals surface area contributed by atoms with Crippen molar-refractivity contribution in [2.24, 2.45) is 5.92 Å². The lowest BCUT2D eigenvalue weighted by Gasteiger charge is -2.20. The number of anilines is 2. The monoisotopic (exact) mass is 490 g/mol. The number of aromatic nitrogens is 1. The number of aryl methyl sites for hydroxylation is 1. The number of hydrogen-bond acceptors (Lipinski definition) is 7. The van der Waals surface area contributed by atoms with Crippen LogP contribution in [0.3, 0.4) is 0 Å². The summed E-state index contributed by atoms with van der Waals surface area (Å²) in [4.78, 5) is 31.3. The Kier molecular flexibility index (Phi) is 5.97. The zero-order valence-electron chi connectivity index (χ0n) is 18.4. The quantitative estimate of drug-likeness (QED) is 0.250. The molecule has 1 amide bonds. The molecule has 0 fully saturated rings. The molecule has 0 saturated heterocycles. The predicted octanol–water partition coefficient (Wildman–Crippen LogP) is 6.32. The minimum Gasteiger partial charge on any atom is -0.397 e. The summed E-state index contributed by atoms with van der Waals surface area (Å²) in [6, 6.07) is 16.0. The van der Waals surface area contributed by atoms with Crippen LogP contribution in [-0.2, 0) is 12.8 Å². The zero-order valence-corrected chi connectivity index (χ0v) is 20.0. The first-order chi connectivity index (χ1) is 16.4. The van der Waals surface area contributed by atoms with Crippen molar-refractivity contribution < 1.29 is 9.72 Å². The van der Waals surface area contributed by atoms with E-state index >= 15 is 0 Å². The highest BCUT2D eigenvalue weighted by Gasteiger charge is 2.22. The Balaban J connectivity index is 1.30. The Labute approximate surface area is 204 Å². The second-order valence-electron chi connectivity index (χ2n) is 8.47. The molecule has 0 radical (unpaired) electrons. The molecule has 3 N–H and O–H groups in total. The van der Waals surface area contributed by atoms with Crippen LogP contribution in [0.15, 0.2) is 64.4 Å². The number of nitrogens with two attached hydrogens (primary N) is 1. The summed E-state index contributed by atoms with van der Waals surface area (Å²) < 4.78 is 0. The number of rotatable bonds is 5. The standard InChI is InChI=1S/C25H22N4O3S2/c1-14-2-11-21-15(12-14)13-20-22(26)23(34-25(20)28-21)24(30)27-16-3-7-18(8-4-16)33-19-9-5-17(6-10-19)29(31)32/h3-10,13-14H,2,11-12,26H2,1H3,(H,27,30). The van der Waals surface area contributed by atoms with E-state index in [-0.39, 0.29) is 11.6 Å². The van der Waals surface area contributed by atoms with Crippen LogP contribution in [-0.4, -0.2) is 15.8 Å². The van der Waals surface area contributed by atoms with Gasteiger partial charge in [-0.05, 0) is 73.2 Å². The number of pyridine rings is 1. The maximum Gasteiger partial charge on any atom is 0.269 e. The van der Waals surface area contributed by atoms with Crippen LogP contribution in [0.4, 0.5) is 17.1 Å². The van der Waals surface area contributed by atoms with E-state index in [2.05, 4.69) is 18.3 Å². The van der Waals surface area contributed by atoms with Gasteiger partial charge in [0.05, 0.1) is 10.6 Å². The Bertz CT molecular complexity index is 1400.